The summed E-state index contributed by atoms with van der Waals surface area (Å²) in [5, 5.41) is 0. The van der Waals surface area contributed by atoms with Crippen LogP contribution in [0.1, 0.15) is 23.6 Å². The smallest absolute Gasteiger partial charge is 0.268 e. The van der Waals surface area contributed by atoms with Crippen molar-refractivity contribution in [2.75, 3.05) is 45.1 Å². The second-order valence-electron chi connectivity index (χ2n) is 6.67. The average molecular weight is 375 g/mol. The predicted molar refractivity (Wildman–Crippen MR) is 105 cm³/mol. The molecule has 0 aliphatic carbocycles. The van der Waals surface area contributed by atoms with Gasteiger partial charge in [0.15, 0.2) is 0 Å². The maximum atomic E-state index is 13.1. The Hall–Kier alpha value is -1.63. The van der Waals surface area contributed by atoms with Crippen molar-refractivity contribution in [1.29, 1.82) is 0 Å². The highest BCUT2D eigenvalue weighted by Gasteiger charge is 2.39. The summed E-state index contributed by atoms with van der Waals surface area (Å²) < 4.78 is 5.36. The summed E-state index contributed by atoms with van der Waals surface area (Å²) >= 11 is 1.47. The molecule has 0 N–H and O–H groups in total. The van der Waals surface area contributed by atoms with Gasteiger partial charge in [0.25, 0.3) is 11.8 Å². The molecule has 140 valence electrons. The van der Waals surface area contributed by atoms with Gasteiger partial charge in [-0.2, -0.15) is 0 Å². The van der Waals surface area contributed by atoms with Crippen molar-refractivity contribution < 1.29 is 14.3 Å². The number of hydrogen-bond donors (Lipinski definition) is 0. The van der Waals surface area contributed by atoms with Crippen LogP contribution in [0.3, 0.4) is 0 Å². The molecular formula is C20H26N2O3S. The number of benzene rings is 1. The maximum absolute atomic E-state index is 13.1. The molecule has 6 heteroatoms. The van der Waals surface area contributed by atoms with Gasteiger partial charge in [0, 0.05) is 26.2 Å². The average Bonchev–Trinajstić information content (AvgIpc) is 2.85. The van der Waals surface area contributed by atoms with E-state index in [4.69, 9.17) is 4.74 Å². The summed E-state index contributed by atoms with van der Waals surface area (Å²) in [7, 11) is 0. The third-order valence-electron chi connectivity index (χ3n) is 4.81. The minimum Gasteiger partial charge on any atom is -0.379 e. The fraction of sp³-hybridized carbons (Fsp3) is 0.500. The van der Waals surface area contributed by atoms with Crippen LogP contribution in [-0.4, -0.2) is 66.8 Å². The number of rotatable bonds is 6. The van der Waals surface area contributed by atoms with E-state index in [1.165, 1.54) is 16.7 Å². The van der Waals surface area contributed by atoms with E-state index < -0.39 is 0 Å². The van der Waals surface area contributed by atoms with E-state index in [1.54, 1.807) is 0 Å². The van der Waals surface area contributed by atoms with E-state index in [1.807, 2.05) is 32.9 Å². The van der Waals surface area contributed by atoms with E-state index in [-0.39, 0.29) is 11.8 Å². The Bertz CT molecular complexity index is 739. The highest BCUT2D eigenvalue weighted by molar-refractivity contribution is 8.04. The summed E-state index contributed by atoms with van der Waals surface area (Å²) in [4.78, 5) is 30.3. The van der Waals surface area contributed by atoms with Crippen molar-refractivity contribution in [2.45, 2.75) is 20.8 Å². The number of amides is 2. The van der Waals surface area contributed by atoms with Gasteiger partial charge in [-0.15, -0.1) is 11.8 Å². The molecule has 3 rings (SSSR count). The molecule has 0 atom stereocenters. The summed E-state index contributed by atoms with van der Waals surface area (Å²) in [6.45, 7) is 10.3. The van der Waals surface area contributed by atoms with Crippen LogP contribution in [-0.2, 0) is 14.3 Å². The van der Waals surface area contributed by atoms with Crippen LogP contribution >= 0.6 is 11.8 Å². The molecule has 0 unspecified atom stereocenters. The standard InChI is InChI=1S/C20H26N2O3S/c1-4-26-18-17(16-6-5-14(2)13-15(16)3)19(23)22(20(18)24)8-7-21-9-11-25-12-10-21/h5-6,13H,4,7-12H2,1-3H3. The number of aryl methyl sites for hydroxylation is 2. The van der Waals surface area contributed by atoms with Crippen molar-refractivity contribution >= 4 is 29.1 Å². The quantitative estimate of drug-likeness (QED) is 0.716. The van der Waals surface area contributed by atoms with E-state index in [9.17, 15) is 9.59 Å². The molecule has 2 aliphatic rings. The molecule has 2 heterocycles. The number of imide groups is 1. The highest BCUT2D eigenvalue weighted by atomic mass is 32.2. The van der Waals surface area contributed by atoms with Crippen molar-refractivity contribution in [3.63, 3.8) is 0 Å². The van der Waals surface area contributed by atoms with Crippen molar-refractivity contribution in [2.24, 2.45) is 0 Å². The van der Waals surface area contributed by atoms with Crippen LogP contribution in [0.15, 0.2) is 23.1 Å². The molecule has 0 spiro atoms. The Kier molecular flexibility index (Phi) is 6.16. The van der Waals surface area contributed by atoms with Gasteiger partial charge in [0.1, 0.15) is 0 Å². The maximum Gasteiger partial charge on any atom is 0.268 e. The minimum absolute atomic E-state index is 0.148. The molecule has 0 aromatic heterocycles. The molecule has 0 radical (unpaired) electrons. The second-order valence-corrected chi connectivity index (χ2v) is 7.95. The third kappa shape index (κ3) is 3.87. The Balaban J connectivity index is 1.84. The van der Waals surface area contributed by atoms with Gasteiger partial charge in [-0.1, -0.05) is 30.7 Å². The first-order valence-electron chi connectivity index (χ1n) is 9.14. The van der Waals surface area contributed by atoms with Crippen LogP contribution in [0.4, 0.5) is 0 Å². The van der Waals surface area contributed by atoms with Crippen molar-refractivity contribution in [3.05, 3.63) is 39.8 Å². The first kappa shape index (κ1) is 19.1. The summed E-state index contributed by atoms with van der Waals surface area (Å²) in [5.41, 5.74) is 3.63. The van der Waals surface area contributed by atoms with E-state index in [2.05, 4.69) is 11.0 Å². The first-order valence-corrected chi connectivity index (χ1v) is 10.1. The van der Waals surface area contributed by atoms with Gasteiger partial charge in [-0.25, -0.2) is 0 Å². The van der Waals surface area contributed by atoms with Crippen LogP contribution in [0.5, 0.6) is 0 Å². The molecule has 5 nitrogen and oxygen atoms in total. The van der Waals surface area contributed by atoms with Crippen molar-refractivity contribution in [3.8, 4) is 0 Å². The monoisotopic (exact) mass is 374 g/mol. The summed E-state index contributed by atoms with van der Waals surface area (Å²) in [5.74, 6) is 0.455. The molecule has 0 bridgehead atoms. The Morgan fingerprint density at radius 3 is 2.46 bits per heavy atom. The lowest BCUT2D eigenvalue weighted by molar-refractivity contribution is -0.136. The third-order valence-corrected chi connectivity index (χ3v) is 5.77. The SMILES string of the molecule is CCSC1=C(c2ccc(C)cc2C)C(=O)N(CCN2CCOCC2)C1=O. The van der Waals surface area contributed by atoms with Gasteiger partial charge < -0.3 is 4.74 Å². The largest absolute Gasteiger partial charge is 0.379 e. The first-order chi connectivity index (χ1) is 12.5. The van der Waals surface area contributed by atoms with Crippen LogP contribution in [0.25, 0.3) is 5.57 Å². The molecule has 0 saturated carbocycles. The van der Waals surface area contributed by atoms with Crippen LogP contribution in [0, 0.1) is 13.8 Å². The molecular weight excluding hydrogens is 348 g/mol. The number of thioether (sulfide) groups is 1. The number of hydrogen-bond acceptors (Lipinski definition) is 5. The van der Waals surface area contributed by atoms with Gasteiger partial charge in [0.05, 0.1) is 23.7 Å². The molecule has 1 saturated heterocycles. The number of carbonyl (C=O) groups excluding carboxylic acids is 2. The lowest BCUT2D eigenvalue weighted by Crippen LogP contribution is -2.43. The zero-order valence-corrected chi connectivity index (χ0v) is 16.5. The molecule has 2 amide bonds. The molecule has 1 aromatic carbocycles. The van der Waals surface area contributed by atoms with E-state index in [0.717, 1.165) is 35.5 Å². The van der Waals surface area contributed by atoms with Gasteiger partial charge in [0.2, 0.25) is 0 Å². The van der Waals surface area contributed by atoms with Gasteiger partial charge >= 0.3 is 0 Å². The number of nitrogens with zero attached hydrogens (tertiary/aromatic N) is 2. The van der Waals surface area contributed by atoms with Crippen LogP contribution < -0.4 is 0 Å². The molecule has 2 aliphatic heterocycles. The zero-order valence-electron chi connectivity index (χ0n) is 15.7. The predicted octanol–water partition coefficient (Wildman–Crippen LogP) is 2.47. The molecule has 26 heavy (non-hydrogen) atoms. The molecule has 1 aromatic rings. The number of carbonyl (C=O) groups is 2. The Morgan fingerprint density at radius 1 is 1.08 bits per heavy atom. The summed E-state index contributed by atoms with van der Waals surface area (Å²) in [6, 6.07) is 6.02. The fourth-order valence-corrected chi connectivity index (χ4v) is 4.30. The fourth-order valence-electron chi connectivity index (χ4n) is 3.43. The lowest BCUT2D eigenvalue weighted by atomic mass is 9.99. The van der Waals surface area contributed by atoms with E-state index >= 15 is 0 Å². The normalized spacial score (nSPS) is 19.0. The lowest BCUT2D eigenvalue weighted by Gasteiger charge is -2.28. The zero-order chi connectivity index (χ0) is 18.7. The number of morpholine rings is 1. The summed E-state index contributed by atoms with van der Waals surface area (Å²) in [6.07, 6.45) is 0. The topological polar surface area (TPSA) is 49.9 Å². The Labute approximate surface area is 159 Å². The minimum atomic E-state index is -0.161. The van der Waals surface area contributed by atoms with Gasteiger partial charge in [-0.3, -0.25) is 19.4 Å². The van der Waals surface area contributed by atoms with Gasteiger partial charge in [-0.05, 0) is 30.7 Å². The highest BCUT2D eigenvalue weighted by Crippen LogP contribution is 2.37. The van der Waals surface area contributed by atoms with Crippen LogP contribution in [0.2, 0.25) is 0 Å². The van der Waals surface area contributed by atoms with Crippen molar-refractivity contribution in [1.82, 2.24) is 9.80 Å². The van der Waals surface area contributed by atoms with E-state index in [0.29, 0.717) is 36.8 Å². The molecule has 1 fully saturated rings. The second kappa shape index (κ2) is 8.37. The number of ether oxygens (including phenoxy) is 1. The Morgan fingerprint density at radius 2 is 1.81 bits per heavy atom.